The van der Waals surface area contributed by atoms with Gasteiger partial charge in [0.1, 0.15) is 0 Å². The highest BCUT2D eigenvalue weighted by Crippen LogP contribution is 2.32. The molecule has 112 valence electrons. The molecule has 1 aliphatic carbocycles. The lowest BCUT2D eigenvalue weighted by atomic mass is 10.2. The molecule has 1 aliphatic rings. The van der Waals surface area contributed by atoms with E-state index in [0.29, 0.717) is 5.92 Å². The molecule has 0 heterocycles. The monoisotopic (exact) mass is 319 g/mol. The first-order chi connectivity index (χ1) is 8.94. The van der Waals surface area contributed by atoms with E-state index in [2.05, 4.69) is 4.72 Å². The first kappa shape index (κ1) is 16.9. The largest absolute Gasteiger partial charge is 0.366 e. The third kappa shape index (κ3) is 3.92. The maximum absolute atomic E-state index is 12.2. The number of hydrogen-bond donors (Lipinski definition) is 3. The topological polar surface area (TPSA) is 115 Å². The number of nitrogens with two attached hydrogens (primary N) is 2. The fourth-order valence-corrected chi connectivity index (χ4v) is 3.28. The lowest BCUT2D eigenvalue weighted by Crippen LogP contribution is -2.41. The molecule has 0 bridgehead atoms. The maximum Gasteiger partial charge on any atom is 0.248 e. The van der Waals surface area contributed by atoms with Crippen molar-refractivity contribution in [2.75, 3.05) is 6.54 Å². The summed E-state index contributed by atoms with van der Waals surface area (Å²) in [6.45, 7) is 0.263. The summed E-state index contributed by atoms with van der Waals surface area (Å²) in [6.07, 6.45) is 1.98. The molecule has 1 saturated carbocycles. The van der Waals surface area contributed by atoms with Gasteiger partial charge in [0.05, 0.1) is 4.90 Å². The van der Waals surface area contributed by atoms with E-state index < -0.39 is 15.9 Å². The molecule has 20 heavy (non-hydrogen) atoms. The van der Waals surface area contributed by atoms with Crippen LogP contribution >= 0.6 is 12.4 Å². The van der Waals surface area contributed by atoms with E-state index in [9.17, 15) is 13.2 Å². The van der Waals surface area contributed by atoms with Gasteiger partial charge in [-0.2, -0.15) is 0 Å². The molecule has 1 fully saturated rings. The van der Waals surface area contributed by atoms with Crippen LogP contribution in [0.3, 0.4) is 0 Å². The van der Waals surface area contributed by atoms with Crippen molar-refractivity contribution in [2.45, 2.75) is 23.8 Å². The SMILES string of the molecule is Cl.NCC(NS(=O)(=O)c1cccc(C(N)=O)c1)C1CC1. The normalized spacial score (nSPS) is 16.2. The highest BCUT2D eigenvalue weighted by atomic mass is 35.5. The van der Waals surface area contributed by atoms with Gasteiger partial charge < -0.3 is 11.5 Å². The Bertz CT molecular complexity index is 587. The van der Waals surface area contributed by atoms with Crippen molar-refractivity contribution < 1.29 is 13.2 Å². The third-order valence-electron chi connectivity index (χ3n) is 3.18. The summed E-state index contributed by atoms with van der Waals surface area (Å²) < 4.78 is 27.0. The number of amides is 1. The van der Waals surface area contributed by atoms with Gasteiger partial charge in [0.15, 0.2) is 0 Å². The van der Waals surface area contributed by atoms with Crippen LogP contribution in [0.25, 0.3) is 0 Å². The molecule has 1 atom stereocenters. The fraction of sp³-hybridized carbons (Fsp3) is 0.417. The molecule has 1 amide bonds. The Hall–Kier alpha value is -1.15. The summed E-state index contributed by atoms with van der Waals surface area (Å²) in [5.41, 5.74) is 10.9. The van der Waals surface area contributed by atoms with Crippen molar-refractivity contribution in [3.8, 4) is 0 Å². The number of sulfonamides is 1. The van der Waals surface area contributed by atoms with Crippen molar-refractivity contribution in [2.24, 2.45) is 17.4 Å². The zero-order chi connectivity index (χ0) is 14.0. The molecule has 0 spiro atoms. The Morgan fingerprint density at radius 2 is 2.05 bits per heavy atom. The molecule has 0 radical (unpaired) electrons. The van der Waals surface area contributed by atoms with E-state index in [1.807, 2.05) is 0 Å². The van der Waals surface area contributed by atoms with Gasteiger partial charge in [0.2, 0.25) is 15.9 Å². The van der Waals surface area contributed by atoms with Gasteiger partial charge >= 0.3 is 0 Å². The summed E-state index contributed by atoms with van der Waals surface area (Å²) in [5, 5.41) is 0. The smallest absolute Gasteiger partial charge is 0.248 e. The fourth-order valence-electron chi connectivity index (χ4n) is 1.92. The average molecular weight is 320 g/mol. The van der Waals surface area contributed by atoms with Crippen molar-refractivity contribution in [3.05, 3.63) is 29.8 Å². The number of carbonyl (C=O) groups is 1. The van der Waals surface area contributed by atoms with E-state index >= 15 is 0 Å². The van der Waals surface area contributed by atoms with E-state index in [1.54, 1.807) is 0 Å². The molecule has 6 nitrogen and oxygen atoms in total. The van der Waals surface area contributed by atoms with Crippen molar-refractivity contribution in [1.82, 2.24) is 4.72 Å². The molecule has 1 unspecified atom stereocenters. The number of carbonyl (C=O) groups excluding carboxylic acids is 1. The molecule has 0 saturated heterocycles. The number of hydrogen-bond acceptors (Lipinski definition) is 4. The van der Waals surface area contributed by atoms with Crippen LogP contribution in [0.15, 0.2) is 29.2 Å². The first-order valence-corrected chi connectivity index (χ1v) is 7.54. The van der Waals surface area contributed by atoms with Crippen molar-refractivity contribution in [1.29, 1.82) is 0 Å². The number of benzene rings is 1. The molecular weight excluding hydrogens is 302 g/mol. The van der Waals surface area contributed by atoms with Gasteiger partial charge in [0, 0.05) is 18.2 Å². The molecular formula is C12H18ClN3O3S. The predicted molar refractivity (Wildman–Crippen MR) is 78.1 cm³/mol. The lowest BCUT2D eigenvalue weighted by Gasteiger charge is -2.16. The minimum Gasteiger partial charge on any atom is -0.366 e. The molecule has 2 rings (SSSR count). The first-order valence-electron chi connectivity index (χ1n) is 6.06. The van der Waals surface area contributed by atoms with Gasteiger partial charge in [-0.1, -0.05) is 6.07 Å². The Labute approximate surface area is 124 Å². The van der Waals surface area contributed by atoms with E-state index in [4.69, 9.17) is 11.5 Å². The van der Waals surface area contributed by atoms with E-state index in [1.165, 1.54) is 24.3 Å². The molecule has 5 N–H and O–H groups in total. The molecule has 8 heteroatoms. The number of halogens is 1. The van der Waals surface area contributed by atoms with Crippen molar-refractivity contribution >= 4 is 28.3 Å². The van der Waals surface area contributed by atoms with Crippen LogP contribution in [0.5, 0.6) is 0 Å². The summed E-state index contributed by atoms with van der Waals surface area (Å²) >= 11 is 0. The van der Waals surface area contributed by atoms with Gasteiger partial charge in [-0.3, -0.25) is 4.79 Å². The molecule has 1 aromatic rings. The second-order valence-corrected chi connectivity index (χ2v) is 6.41. The van der Waals surface area contributed by atoms with Gasteiger partial charge in [-0.05, 0) is 37.0 Å². The number of rotatable bonds is 6. The summed E-state index contributed by atoms with van der Waals surface area (Å²) in [5.74, 6) is -0.339. The van der Waals surface area contributed by atoms with Crippen LogP contribution < -0.4 is 16.2 Å². The van der Waals surface area contributed by atoms with Crippen LogP contribution in [0.2, 0.25) is 0 Å². The summed E-state index contributed by atoms with van der Waals surface area (Å²) in [6, 6.07) is 5.41. The van der Waals surface area contributed by atoms with Crippen LogP contribution in [0, 0.1) is 5.92 Å². The Balaban J connectivity index is 0.00000200. The molecule has 0 aromatic heterocycles. The minimum atomic E-state index is -3.67. The lowest BCUT2D eigenvalue weighted by molar-refractivity contribution is 0.1000. The standard InChI is InChI=1S/C12H17N3O3S.ClH/c13-7-11(8-4-5-8)15-19(17,18)10-3-1-2-9(6-10)12(14)16;/h1-3,6,8,11,15H,4-5,7,13H2,(H2,14,16);1H. The van der Waals surface area contributed by atoms with E-state index in [-0.39, 0.29) is 35.5 Å². The highest BCUT2D eigenvalue weighted by Gasteiger charge is 2.33. The Morgan fingerprint density at radius 3 is 2.55 bits per heavy atom. The van der Waals surface area contributed by atoms with Gasteiger partial charge in [-0.15, -0.1) is 12.4 Å². The number of primary amides is 1. The Kier molecular flexibility index (Phi) is 5.52. The third-order valence-corrected chi connectivity index (χ3v) is 4.67. The van der Waals surface area contributed by atoms with Crippen LogP contribution in [-0.2, 0) is 10.0 Å². The van der Waals surface area contributed by atoms with Gasteiger partial charge in [-0.25, -0.2) is 13.1 Å². The predicted octanol–water partition coefficient (Wildman–Crippen LogP) is 0.223. The average Bonchev–Trinajstić information content (AvgIpc) is 3.20. The maximum atomic E-state index is 12.2. The van der Waals surface area contributed by atoms with E-state index in [0.717, 1.165) is 12.8 Å². The zero-order valence-electron chi connectivity index (χ0n) is 10.8. The van der Waals surface area contributed by atoms with Crippen molar-refractivity contribution in [3.63, 3.8) is 0 Å². The molecule has 1 aromatic carbocycles. The molecule has 0 aliphatic heterocycles. The second kappa shape index (κ2) is 6.53. The van der Waals surface area contributed by atoms with Crippen LogP contribution in [0.1, 0.15) is 23.2 Å². The Morgan fingerprint density at radius 1 is 1.40 bits per heavy atom. The van der Waals surface area contributed by atoms with Crippen LogP contribution in [-0.4, -0.2) is 26.9 Å². The summed E-state index contributed by atoms with van der Waals surface area (Å²) in [4.78, 5) is 11.1. The quantitative estimate of drug-likeness (QED) is 0.695. The summed E-state index contributed by atoms with van der Waals surface area (Å²) in [7, 11) is -3.67. The number of nitrogens with one attached hydrogen (secondary N) is 1. The van der Waals surface area contributed by atoms with Gasteiger partial charge in [0.25, 0.3) is 0 Å². The highest BCUT2D eigenvalue weighted by molar-refractivity contribution is 7.89. The van der Waals surface area contributed by atoms with Crippen LogP contribution in [0.4, 0.5) is 0 Å². The minimum absolute atomic E-state index is 0. The second-order valence-electron chi connectivity index (χ2n) is 4.69. The zero-order valence-corrected chi connectivity index (χ0v) is 12.4.